The average molecular weight is 354 g/mol. The van der Waals surface area contributed by atoms with Gasteiger partial charge in [-0.1, -0.05) is 17.7 Å². The van der Waals surface area contributed by atoms with Crippen molar-refractivity contribution in [3.8, 4) is 17.2 Å². The smallest absolute Gasteiger partial charge is 0.258 e. The molecule has 0 saturated carbocycles. The molecule has 2 rings (SSSR count). The quantitative estimate of drug-likeness (QED) is 0.741. The fourth-order valence-corrected chi connectivity index (χ4v) is 2.06. The Morgan fingerprint density at radius 3 is 2.71 bits per heavy atom. The van der Waals surface area contributed by atoms with Crippen LogP contribution in [0.25, 0.3) is 0 Å². The number of benzene rings is 2. The molecule has 0 aromatic heterocycles. The standard InChI is InChI=1S/C17H17ClFNO4/c1-22-13-3-2-4-14(10-13)23-8-7-20-17(21)11-24-16-6-5-12(19)9-15(16)18/h2-6,9-10H,7-8,11H2,1H3,(H,20,21). The molecule has 1 N–H and O–H groups in total. The number of rotatable bonds is 8. The lowest BCUT2D eigenvalue weighted by Crippen LogP contribution is -2.32. The Kier molecular flexibility index (Phi) is 6.69. The second kappa shape index (κ2) is 8.98. The maximum atomic E-state index is 12.9. The topological polar surface area (TPSA) is 56.8 Å². The van der Waals surface area contributed by atoms with E-state index < -0.39 is 5.82 Å². The lowest BCUT2D eigenvalue weighted by molar-refractivity contribution is -0.123. The first-order valence-electron chi connectivity index (χ1n) is 7.20. The van der Waals surface area contributed by atoms with Gasteiger partial charge in [0.05, 0.1) is 18.7 Å². The number of ether oxygens (including phenoxy) is 3. The number of hydrogen-bond donors (Lipinski definition) is 1. The summed E-state index contributed by atoms with van der Waals surface area (Å²) in [7, 11) is 1.58. The summed E-state index contributed by atoms with van der Waals surface area (Å²) >= 11 is 5.81. The van der Waals surface area contributed by atoms with Crippen LogP contribution in [0, 0.1) is 5.82 Å². The molecule has 0 fully saturated rings. The van der Waals surface area contributed by atoms with Crippen LogP contribution >= 0.6 is 11.6 Å². The van der Waals surface area contributed by atoms with E-state index in [0.717, 1.165) is 6.07 Å². The number of methoxy groups -OCH3 is 1. The van der Waals surface area contributed by atoms with E-state index in [-0.39, 0.29) is 23.3 Å². The van der Waals surface area contributed by atoms with Crippen LogP contribution in [-0.2, 0) is 4.79 Å². The number of carbonyl (C=O) groups excluding carboxylic acids is 1. The molecule has 24 heavy (non-hydrogen) atoms. The van der Waals surface area contributed by atoms with E-state index in [4.69, 9.17) is 25.8 Å². The third-order valence-corrected chi connectivity index (χ3v) is 3.28. The third kappa shape index (κ3) is 5.62. The van der Waals surface area contributed by atoms with Crippen LogP contribution in [0.1, 0.15) is 0 Å². The van der Waals surface area contributed by atoms with Gasteiger partial charge in [-0.25, -0.2) is 4.39 Å². The van der Waals surface area contributed by atoms with Crippen LogP contribution in [0.3, 0.4) is 0 Å². The molecule has 0 aliphatic heterocycles. The highest BCUT2D eigenvalue weighted by Crippen LogP contribution is 2.24. The van der Waals surface area contributed by atoms with Crippen LogP contribution in [0.4, 0.5) is 4.39 Å². The summed E-state index contributed by atoms with van der Waals surface area (Å²) in [5.41, 5.74) is 0. The summed E-state index contributed by atoms with van der Waals surface area (Å²) in [6.07, 6.45) is 0. The molecule has 5 nitrogen and oxygen atoms in total. The molecule has 0 radical (unpaired) electrons. The van der Waals surface area contributed by atoms with Gasteiger partial charge in [0.1, 0.15) is 29.7 Å². The average Bonchev–Trinajstić information content (AvgIpc) is 2.58. The maximum absolute atomic E-state index is 12.9. The Hall–Kier alpha value is -2.47. The summed E-state index contributed by atoms with van der Waals surface area (Å²) in [5.74, 6) is 0.802. The monoisotopic (exact) mass is 353 g/mol. The predicted molar refractivity (Wildman–Crippen MR) is 88.4 cm³/mol. The van der Waals surface area contributed by atoms with Crippen molar-refractivity contribution in [3.63, 3.8) is 0 Å². The molecular formula is C17H17ClFNO4. The van der Waals surface area contributed by atoms with E-state index in [1.54, 1.807) is 19.2 Å². The molecular weight excluding hydrogens is 337 g/mol. The van der Waals surface area contributed by atoms with E-state index in [1.807, 2.05) is 12.1 Å². The second-order valence-corrected chi connectivity index (χ2v) is 5.15. The van der Waals surface area contributed by atoms with Crippen molar-refractivity contribution in [3.05, 3.63) is 53.3 Å². The molecule has 128 valence electrons. The van der Waals surface area contributed by atoms with Crippen molar-refractivity contribution >= 4 is 17.5 Å². The molecule has 0 heterocycles. The van der Waals surface area contributed by atoms with Crippen molar-refractivity contribution in [2.24, 2.45) is 0 Å². The van der Waals surface area contributed by atoms with Gasteiger partial charge in [0.15, 0.2) is 6.61 Å². The number of nitrogens with one attached hydrogen (secondary N) is 1. The van der Waals surface area contributed by atoms with E-state index in [0.29, 0.717) is 24.7 Å². The molecule has 0 aliphatic carbocycles. The molecule has 1 amide bonds. The van der Waals surface area contributed by atoms with Gasteiger partial charge in [0, 0.05) is 6.07 Å². The number of amides is 1. The zero-order valence-electron chi connectivity index (χ0n) is 13.1. The SMILES string of the molecule is COc1cccc(OCCNC(=O)COc2ccc(F)cc2Cl)c1. The maximum Gasteiger partial charge on any atom is 0.258 e. The normalized spacial score (nSPS) is 10.1. The van der Waals surface area contributed by atoms with Crippen molar-refractivity contribution in [2.45, 2.75) is 0 Å². The van der Waals surface area contributed by atoms with E-state index >= 15 is 0 Å². The lowest BCUT2D eigenvalue weighted by atomic mass is 10.3. The zero-order chi connectivity index (χ0) is 17.4. The van der Waals surface area contributed by atoms with Gasteiger partial charge in [-0.05, 0) is 30.3 Å². The highest BCUT2D eigenvalue weighted by Gasteiger charge is 2.06. The molecule has 0 unspecified atom stereocenters. The van der Waals surface area contributed by atoms with Crippen molar-refractivity contribution in [1.82, 2.24) is 5.32 Å². The molecule has 2 aromatic carbocycles. The Labute approximate surface area is 144 Å². The van der Waals surface area contributed by atoms with Gasteiger partial charge in [0.25, 0.3) is 5.91 Å². The largest absolute Gasteiger partial charge is 0.497 e. The Balaban J connectivity index is 1.67. The lowest BCUT2D eigenvalue weighted by Gasteiger charge is -2.10. The molecule has 0 aliphatic rings. The minimum atomic E-state index is -0.466. The number of halogens is 2. The summed E-state index contributed by atoms with van der Waals surface area (Å²) in [5, 5.41) is 2.76. The Morgan fingerprint density at radius 1 is 1.17 bits per heavy atom. The van der Waals surface area contributed by atoms with Gasteiger partial charge in [-0.3, -0.25) is 4.79 Å². The fraction of sp³-hybridized carbons (Fsp3) is 0.235. The number of carbonyl (C=O) groups is 1. The van der Waals surface area contributed by atoms with E-state index in [9.17, 15) is 9.18 Å². The van der Waals surface area contributed by atoms with Crippen LogP contribution in [-0.4, -0.2) is 32.8 Å². The van der Waals surface area contributed by atoms with E-state index in [2.05, 4.69) is 5.32 Å². The highest BCUT2D eigenvalue weighted by atomic mass is 35.5. The third-order valence-electron chi connectivity index (χ3n) is 2.99. The minimum Gasteiger partial charge on any atom is -0.497 e. The molecule has 0 atom stereocenters. The fourth-order valence-electron chi connectivity index (χ4n) is 1.84. The van der Waals surface area contributed by atoms with Crippen molar-refractivity contribution < 1.29 is 23.4 Å². The van der Waals surface area contributed by atoms with Gasteiger partial charge in [0.2, 0.25) is 0 Å². The van der Waals surface area contributed by atoms with E-state index in [1.165, 1.54) is 12.1 Å². The summed E-state index contributed by atoms with van der Waals surface area (Å²) in [4.78, 5) is 11.7. The van der Waals surface area contributed by atoms with Crippen LogP contribution < -0.4 is 19.5 Å². The molecule has 2 aromatic rings. The second-order valence-electron chi connectivity index (χ2n) is 4.74. The molecule has 0 saturated heterocycles. The van der Waals surface area contributed by atoms with Crippen LogP contribution in [0.2, 0.25) is 5.02 Å². The highest BCUT2D eigenvalue weighted by molar-refractivity contribution is 6.32. The number of hydrogen-bond acceptors (Lipinski definition) is 4. The summed E-state index contributed by atoms with van der Waals surface area (Å²) in [6.45, 7) is 0.400. The Bertz CT molecular complexity index is 696. The van der Waals surface area contributed by atoms with Gasteiger partial charge >= 0.3 is 0 Å². The zero-order valence-corrected chi connectivity index (χ0v) is 13.8. The molecule has 0 bridgehead atoms. The van der Waals surface area contributed by atoms with Crippen molar-refractivity contribution in [2.75, 3.05) is 26.9 Å². The first-order valence-corrected chi connectivity index (χ1v) is 7.57. The van der Waals surface area contributed by atoms with Gasteiger partial charge in [-0.2, -0.15) is 0 Å². The summed E-state index contributed by atoms with van der Waals surface area (Å²) in [6, 6.07) is 10.9. The minimum absolute atomic E-state index is 0.115. The predicted octanol–water partition coefficient (Wildman–Crippen LogP) is 3.06. The van der Waals surface area contributed by atoms with Crippen LogP contribution in [0.5, 0.6) is 17.2 Å². The summed E-state index contributed by atoms with van der Waals surface area (Å²) < 4.78 is 28.7. The molecule has 7 heteroatoms. The Morgan fingerprint density at radius 2 is 1.96 bits per heavy atom. The molecule has 0 spiro atoms. The van der Waals surface area contributed by atoms with Gasteiger partial charge in [-0.15, -0.1) is 0 Å². The van der Waals surface area contributed by atoms with Crippen molar-refractivity contribution in [1.29, 1.82) is 0 Å². The van der Waals surface area contributed by atoms with Crippen LogP contribution in [0.15, 0.2) is 42.5 Å². The first-order chi connectivity index (χ1) is 11.6. The van der Waals surface area contributed by atoms with Gasteiger partial charge < -0.3 is 19.5 Å². The first kappa shape index (κ1) is 17.9.